The lowest BCUT2D eigenvalue weighted by atomic mass is 10.2. The van der Waals surface area contributed by atoms with Gasteiger partial charge in [0.15, 0.2) is 0 Å². The highest BCUT2D eigenvalue weighted by Crippen LogP contribution is 2.39. The number of thioether (sulfide) groups is 1. The maximum absolute atomic E-state index is 12.4. The summed E-state index contributed by atoms with van der Waals surface area (Å²) in [6.45, 7) is 1.90. The fourth-order valence-corrected chi connectivity index (χ4v) is 3.11. The molecule has 0 unspecified atom stereocenters. The molecule has 1 heterocycles. The predicted octanol–water partition coefficient (Wildman–Crippen LogP) is 4.73. The zero-order chi connectivity index (χ0) is 14.8. The van der Waals surface area contributed by atoms with Crippen LogP contribution in [0.2, 0.25) is 5.02 Å². The number of anilines is 2. The van der Waals surface area contributed by atoms with Gasteiger partial charge >= 0.3 is 0 Å². The van der Waals surface area contributed by atoms with Gasteiger partial charge in [0.25, 0.3) is 5.91 Å². The van der Waals surface area contributed by atoms with E-state index < -0.39 is 0 Å². The van der Waals surface area contributed by atoms with Gasteiger partial charge < -0.3 is 10.6 Å². The van der Waals surface area contributed by atoms with Crippen LogP contribution >= 0.6 is 23.4 Å². The van der Waals surface area contributed by atoms with Gasteiger partial charge in [-0.3, -0.25) is 4.79 Å². The third kappa shape index (κ3) is 3.06. The Morgan fingerprint density at radius 1 is 1.14 bits per heavy atom. The average molecular weight is 317 g/mol. The molecule has 5 heteroatoms. The summed E-state index contributed by atoms with van der Waals surface area (Å²) in [5, 5.41) is 6.79. The zero-order valence-corrected chi connectivity index (χ0v) is 12.9. The molecule has 106 valence electrons. The van der Waals surface area contributed by atoms with Gasteiger partial charge in [-0.1, -0.05) is 35.5 Å². The molecule has 1 aliphatic heterocycles. The second-order valence-electron chi connectivity index (χ2n) is 4.64. The van der Waals surface area contributed by atoms with Gasteiger partial charge in [0.05, 0.1) is 10.6 Å². The molecule has 2 aromatic carbocycles. The van der Waals surface area contributed by atoms with E-state index in [0.29, 0.717) is 9.93 Å². The molecule has 0 aliphatic carbocycles. The van der Waals surface area contributed by atoms with E-state index >= 15 is 0 Å². The quantitative estimate of drug-likeness (QED) is 0.841. The van der Waals surface area contributed by atoms with Crippen molar-refractivity contribution in [3.05, 3.63) is 64.2 Å². The Balaban J connectivity index is 1.80. The second-order valence-corrected chi connectivity index (χ2v) is 6.13. The summed E-state index contributed by atoms with van der Waals surface area (Å²) in [7, 11) is 0. The van der Waals surface area contributed by atoms with Crippen molar-refractivity contribution in [2.75, 3.05) is 10.6 Å². The zero-order valence-electron chi connectivity index (χ0n) is 11.3. The highest BCUT2D eigenvalue weighted by atomic mass is 35.5. The molecule has 0 saturated heterocycles. The smallest absolute Gasteiger partial charge is 0.264 e. The fraction of sp³-hybridized carbons (Fsp3) is 0.0625. The Kier molecular flexibility index (Phi) is 3.90. The number of fused-ring (bicyclic) bond motifs is 1. The Morgan fingerprint density at radius 3 is 2.62 bits per heavy atom. The number of benzene rings is 2. The number of nitrogens with one attached hydrogen (secondary N) is 2. The first-order valence-corrected chi connectivity index (χ1v) is 7.64. The van der Waals surface area contributed by atoms with E-state index in [9.17, 15) is 4.79 Å². The molecule has 0 atom stereocenters. The number of halogens is 1. The first-order valence-electron chi connectivity index (χ1n) is 6.45. The molecule has 1 aliphatic rings. The van der Waals surface area contributed by atoms with Crippen LogP contribution in [-0.4, -0.2) is 5.91 Å². The van der Waals surface area contributed by atoms with Gasteiger partial charge in [-0.2, -0.15) is 0 Å². The van der Waals surface area contributed by atoms with Crippen molar-refractivity contribution in [1.29, 1.82) is 0 Å². The van der Waals surface area contributed by atoms with E-state index in [2.05, 4.69) is 10.6 Å². The maximum Gasteiger partial charge on any atom is 0.264 e. The molecule has 0 fully saturated rings. The minimum Gasteiger partial charge on any atom is -0.357 e. The number of para-hydroxylation sites is 1. The topological polar surface area (TPSA) is 41.1 Å². The molecular formula is C16H13ClN2OS. The normalized spacial score (nSPS) is 13.4. The molecule has 21 heavy (non-hydrogen) atoms. The van der Waals surface area contributed by atoms with Crippen molar-refractivity contribution in [2.24, 2.45) is 0 Å². The third-order valence-corrected chi connectivity index (χ3v) is 4.59. The van der Waals surface area contributed by atoms with Crippen LogP contribution in [-0.2, 0) is 4.79 Å². The Labute approximate surface area is 132 Å². The molecule has 1 amide bonds. The van der Waals surface area contributed by atoms with Crippen molar-refractivity contribution < 1.29 is 4.79 Å². The molecule has 0 bridgehead atoms. The van der Waals surface area contributed by atoms with Crippen molar-refractivity contribution in [2.45, 2.75) is 11.8 Å². The largest absolute Gasteiger partial charge is 0.357 e. The van der Waals surface area contributed by atoms with Gasteiger partial charge in [0.2, 0.25) is 0 Å². The average Bonchev–Trinajstić information content (AvgIpc) is 2.49. The summed E-state index contributed by atoms with van der Waals surface area (Å²) in [4.78, 5) is 14.1. The number of carbonyl (C=O) groups excluding carboxylic acids is 1. The van der Waals surface area contributed by atoms with Crippen molar-refractivity contribution in [1.82, 2.24) is 0 Å². The molecule has 3 rings (SSSR count). The lowest BCUT2D eigenvalue weighted by Crippen LogP contribution is -2.18. The summed E-state index contributed by atoms with van der Waals surface area (Å²) < 4.78 is 0. The number of amides is 1. The minimum absolute atomic E-state index is 0.123. The van der Waals surface area contributed by atoms with Crippen LogP contribution in [0.1, 0.15) is 6.92 Å². The maximum atomic E-state index is 12.4. The van der Waals surface area contributed by atoms with Gasteiger partial charge in [-0.15, -0.1) is 0 Å². The first-order chi connectivity index (χ1) is 10.1. The highest BCUT2D eigenvalue weighted by Gasteiger charge is 2.21. The number of hydrogen-bond donors (Lipinski definition) is 2. The second kappa shape index (κ2) is 5.84. The summed E-state index contributed by atoms with van der Waals surface area (Å²) in [6, 6.07) is 15.0. The van der Waals surface area contributed by atoms with Crippen LogP contribution in [0.4, 0.5) is 11.4 Å². The van der Waals surface area contributed by atoms with Crippen molar-refractivity contribution in [3.63, 3.8) is 0 Å². The van der Waals surface area contributed by atoms with Crippen molar-refractivity contribution >= 4 is 40.6 Å². The fourth-order valence-electron chi connectivity index (χ4n) is 2.04. The van der Waals surface area contributed by atoms with Crippen molar-refractivity contribution in [3.8, 4) is 0 Å². The summed E-state index contributed by atoms with van der Waals surface area (Å²) in [5.74, 6) is -0.123. The van der Waals surface area contributed by atoms with Crippen LogP contribution in [0.5, 0.6) is 0 Å². The molecule has 0 spiro atoms. The van der Waals surface area contributed by atoms with E-state index in [1.54, 1.807) is 24.3 Å². The van der Waals surface area contributed by atoms with Crippen LogP contribution in [0, 0.1) is 0 Å². The van der Waals surface area contributed by atoms with Crippen LogP contribution in [0.3, 0.4) is 0 Å². The van der Waals surface area contributed by atoms with Crippen LogP contribution in [0.15, 0.2) is 64.0 Å². The van der Waals surface area contributed by atoms with E-state index in [1.807, 2.05) is 31.2 Å². The van der Waals surface area contributed by atoms with E-state index in [-0.39, 0.29) is 5.91 Å². The van der Waals surface area contributed by atoms with E-state index in [1.165, 1.54) is 11.8 Å². The Bertz CT molecular complexity index is 725. The Hall–Kier alpha value is -1.91. The van der Waals surface area contributed by atoms with Gasteiger partial charge in [0.1, 0.15) is 0 Å². The standard InChI is InChI=1S/C16H13ClN2OS/c1-10-15(21-14-5-3-2-4-13(14)18-10)16(20)19-12-8-6-11(17)7-9-12/h2-9,18H,1H3,(H,19,20). The SMILES string of the molecule is CC1=C(C(=O)Nc2ccc(Cl)cc2)Sc2ccccc2N1. The summed E-state index contributed by atoms with van der Waals surface area (Å²) >= 11 is 7.31. The predicted molar refractivity (Wildman–Crippen MR) is 88.7 cm³/mol. The molecule has 0 radical (unpaired) electrons. The number of hydrogen-bond acceptors (Lipinski definition) is 3. The monoisotopic (exact) mass is 316 g/mol. The molecule has 2 aromatic rings. The molecule has 3 nitrogen and oxygen atoms in total. The number of carbonyl (C=O) groups is 1. The van der Waals surface area contributed by atoms with Crippen LogP contribution in [0.25, 0.3) is 0 Å². The Morgan fingerprint density at radius 2 is 1.86 bits per heavy atom. The third-order valence-electron chi connectivity index (χ3n) is 3.07. The molecule has 0 saturated carbocycles. The van der Waals surface area contributed by atoms with Crippen LogP contribution < -0.4 is 10.6 Å². The lowest BCUT2D eigenvalue weighted by Gasteiger charge is -2.21. The first kappa shape index (κ1) is 14.0. The number of rotatable bonds is 2. The minimum atomic E-state index is -0.123. The molecule has 2 N–H and O–H groups in total. The van der Waals surface area contributed by atoms with Gasteiger partial charge in [-0.05, 0) is 43.3 Å². The van der Waals surface area contributed by atoms with E-state index in [4.69, 9.17) is 11.6 Å². The van der Waals surface area contributed by atoms with Gasteiger partial charge in [-0.25, -0.2) is 0 Å². The summed E-state index contributed by atoms with van der Waals surface area (Å²) in [5.41, 5.74) is 2.61. The number of allylic oxidation sites excluding steroid dienone is 1. The van der Waals surface area contributed by atoms with Gasteiger partial charge in [0, 0.05) is 21.3 Å². The molecule has 0 aromatic heterocycles. The highest BCUT2D eigenvalue weighted by molar-refractivity contribution is 8.04. The lowest BCUT2D eigenvalue weighted by molar-refractivity contribution is -0.112. The van der Waals surface area contributed by atoms with E-state index in [0.717, 1.165) is 22.0 Å². The summed E-state index contributed by atoms with van der Waals surface area (Å²) in [6.07, 6.45) is 0. The molecular weight excluding hydrogens is 304 g/mol.